The Morgan fingerprint density at radius 2 is 1.44 bits per heavy atom. The number of carboxylic acid groups (broad SMARTS) is 1. The Balaban J connectivity index is 2.14. The molecule has 1 N–H and O–H groups in total. The summed E-state index contributed by atoms with van der Waals surface area (Å²) in [5.41, 5.74) is 0.348. The van der Waals surface area contributed by atoms with E-state index in [9.17, 15) is 4.79 Å². The molecule has 0 aromatic heterocycles. The van der Waals surface area contributed by atoms with Gasteiger partial charge < -0.3 is 0 Å². The average Bonchev–Trinajstić information content (AvgIpc) is 2.31. The van der Waals surface area contributed by atoms with E-state index in [2.05, 4.69) is 12.1 Å². The van der Waals surface area contributed by atoms with E-state index in [1.54, 1.807) is 12.1 Å². The second kappa shape index (κ2) is 5.12. The number of hydrogen-bond acceptors (Lipinski definition) is 1. The van der Waals surface area contributed by atoms with Crippen LogP contribution >= 0.6 is 0 Å². The molecule has 0 unspecified atom stereocenters. The molecule has 0 spiro atoms. The van der Waals surface area contributed by atoms with Crippen molar-refractivity contribution in [3.63, 3.8) is 0 Å². The first-order chi connectivity index (χ1) is 7.75. The fourth-order valence-electron chi connectivity index (χ4n) is 1.26. The van der Waals surface area contributed by atoms with Gasteiger partial charge in [0.05, 0.1) is 0 Å². The third-order valence-corrected chi connectivity index (χ3v) is 4.73. The van der Waals surface area contributed by atoms with Crippen LogP contribution in [0.25, 0.3) is 0 Å². The maximum absolute atomic E-state index is 10.7. The van der Waals surface area contributed by atoms with Crippen LogP contribution in [0.3, 0.4) is 0 Å². The van der Waals surface area contributed by atoms with Crippen LogP contribution in [0.15, 0.2) is 54.6 Å². The van der Waals surface area contributed by atoms with Gasteiger partial charge in [0.2, 0.25) is 0 Å². The molecule has 0 heterocycles. The Hall–Kier alpha value is -1.36. The molecule has 0 saturated heterocycles. The van der Waals surface area contributed by atoms with E-state index in [1.165, 1.54) is 7.14 Å². The van der Waals surface area contributed by atoms with E-state index in [-0.39, 0.29) is 21.2 Å². The average molecular weight is 325 g/mol. The van der Waals surface area contributed by atoms with Crippen LogP contribution in [0.5, 0.6) is 0 Å². The standard InChI is InChI=1S/C13H10IO2/c15-13(16)10-6-8-12(9-7-10)14-11-4-2-1-3-5-11/h1-9H,(H,15,16)/q-1. The van der Waals surface area contributed by atoms with E-state index < -0.39 is 5.97 Å². The summed E-state index contributed by atoms with van der Waals surface area (Å²) in [6.07, 6.45) is 0. The first-order valence-corrected chi connectivity index (χ1v) is 6.95. The SMILES string of the molecule is O=C(O)c1ccc([I-]c2ccccc2)cc1. The van der Waals surface area contributed by atoms with E-state index >= 15 is 0 Å². The quantitative estimate of drug-likeness (QED) is 0.774. The number of hydrogen-bond donors (Lipinski definition) is 1. The molecule has 2 aromatic rings. The van der Waals surface area contributed by atoms with Crippen LogP contribution in [0.4, 0.5) is 0 Å². The van der Waals surface area contributed by atoms with Crippen molar-refractivity contribution >= 4 is 5.97 Å². The Morgan fingerprint density at radius 1 is 0.875 bits per heavy atom. The van der Waals surface area contributed by atoms with Crippen LogP contribution in [0.2, 0.25) is 0 Å². The Morgan fingerprint density at radius 3 is 2.00 bits per heavy atom. The minimum absolute atomic E-state index is 0.197. The number of halogens is 1. The molecule has 2 rings (SSSR count). The third kappa shape index (κ3) is 2.82. The molecule has 0 fully saturated rings. The number of rotatable bonds is 3. The third-order valence-electron chi connectivity index (χ3n) is 2.04. The second-order valence-corrected chi connectivity index (χ2v) is 6.23. The minimum atomic E-state index is -0.871. The van der Waals surface area contributed by atoms with Crippen molar-refractivity contribution in [3.05, 3.63) is 67.3 Å². The molecule has 0 amide bonds. The summed E-state index contributed by atoms with van der Waals surface area (Å²) >= 11 is -0.197. The summed E-state index contributed by atoms with van der Waals surface area (Å²) in [6, 6.07) is 17.4. The first-order valence-electron chi connectivity index (χ1n) is 4.79. The topological polar surface area (TPSA) is 37.3 Å². The van der Waals surface area contributed by atoms with E-state index in [0.717, 1.165) is 0 Å². The molecule has 16 heavy (non-hydrogen) atoms. The van der Waals surface area contributed by atoms with Gasteiger partial charge in [0.25, 0.3) is 0 Å². The van der Waals surface area contributed by atoms with Crippen molar-refractivity contribution in [2.24, 2.45) is 0 Å². The van der Waals surface area contributed by atoms with Gasteiger partial charge >= 0.3 is 104 Å². The number of carbonyl (C=O) groups is 1. The predicted molar refractivity (Wildman–Crippen MR) is 57.2 cm³/mol. The molecular formula is C13H10IO2-. The zero-order valence-corrected chi connectivity index (χ0v) is 10.6. The Bertz CT molecular complexity index is 477. The van der Waals surface area contributed by atoms with E-state index in [1.807, 2.05) is 30.3 Å². The van der Waals surface area contributed by atoms with Crippen LogP contribution in [-0.2, 0) is 0 Å². The normalized spacial score (nSPS) is 10.2. The number of carboxylic acids is 1. The number of aromatic carboxylic acids is 1. The van der Waals surface area contributed by atoms with Crippen molar-refractivity contribution in [3.8, 4) is 0 Å². The predicted octanol–water partition coefficient (Wildman–Crippen LogP) is -0.487. The van der Waals surface area contributed by atoms with Gasteiger partial charge in [0.15, 0.2) is 0 Å². The van der Waals surface area contributed by atoms with Crippen molar-refractivity contribution < 1.29 is 31.1 Å². The fourth-order valence-corrected chi connectivity index (χ4v) is 3.47. The van der Waals surface area contributed by atoms with Crippen LogP contribution < -0.4 is 21.2 Å². The van der Waals surface area contributed by atoms with Crippen LogP contribution in [0, 0.1) is 7.14 Å². The van der Waals surface area contributed by atoms with Crippen molar-refractivity contribution in [1.29, 1.82) is 0 Å². The summed E-state index contributed by atoms with van der Waals surface area (Å²) in [6.45, 7) is 0. The van der Waals surface area contributed by atoms with Gasteiger partial charge in [-0.3, -0.25) is 0 Å². The van der Waals surface area contributed by atoms with Gasteiger partial charge in [-0.05, 0) is 0 Å². The molecule has 0 aliphatic carbocycles. The van der Waals surface area contributed by atoms with Gasteiger partial charge in [0.1, 0.15) is 0 Å². The summed E-state index contributed by atoms with van der Waals surface area (Å²) in [5.74, 6) is -0.871. The molecular weight excluding hydrogens is 315 g/mol. The zero-order valence-electron chi connectivity index (χ0n) is 8.43. The molecule has 0 saturated carbocycles. The van der Waals surface area contributed by atoms with Crippen molar-refractivity contribution in [2.45, 2.75) is 0 Å². The van der Waals surface area contributed by atoms with Gasteiger partial charge in [0, 0.05) is 0 Å². The van der Waals surface area contributed by atoms with Crippen LogP contribution in [-0.4, -0.2) is 11.1 Å². The van der Waals surface area contributed by atoms with Gasteiger partial charge in [-0.1, -0.05) is 0 Å². The van der Waals surface area contributed by atoms with Crippen molar-refractivity contribution in [2.75, 3.05) is 0 Å². The zero-order chi connectivity index (χ0) is 11.4. The van der Waals surface area contributed by atoms with E-state index in [4.69, 9.17) is 5.11 Å². The molecule has 0 atom stereocenters. The molecule has 0 aliphatic rings. The molecule has 0 radical (unpaired) electrons. The summed E-state index contributed by atoms with van der Waals surface area (Å²) in [7, 11) is 0. The summed E-state index contributed by atoms with van der Waals surface area (Å²) < 4.78 is 2.57. The molecule has 2 nitrogen and oxygen atoms in total. The van der Waals surface area contributed by atoms with E-state index in [0.29, 0.717) is 5.56 Å². The molecule has 82 valence electrons. The van der Waals surface area contributed by atoms with Gasteiger partial charge in [-0.25, -0.2) is 0 Å². The summed E-state index contributed by atoms with van der Waals surface area (Å²) in [4.78, 5) is 10.7. The van der Waals surface area contributed by atoms with Gasteiger partial charge in [-0.2, -0.15) is 0 Å². The Labute approximate surface area is 104 Å². The Kier molecular flexibility index (Phi) is 3.56. The van der Waals surface area contributed by atoms with Crippen LogP contribution in [0.1, 0.15) is 10.4 Å². The summed E-state index contributed by atoms with van der Waals surface area (Å²) in [5, 5.41) is 8.77. The number of benzene rings is 2. The molecule has 3 heteroatoms. The molecule has 2 aromatic carbocycles. The first kappa shape index (κ1) is 11.1. The second-order valence-electron chi connectivity index (χ2n) is 3.20. The van der Waals surface area contributed by atoms with Crippen molar-refractivity contribution in [1.82, 2.24) is 0 Å². The molecule has 0 bridgehead atoms. The monoisotopic (exact) mass is 325 g/mol. The fraction of sp³-hybridized carbons (Fsp3) is 0. The maximum atomic E-state index is 10.7. The molecule has 0 aliphatic heterocycles. The van der Waals surface area contributed by atoms with Gasteiger partial charge in [-0.15, -0.1) is 0 Å².